The number of ether oxygens (including phenoxy) is 1. The Morgan fingerprint density at radius 3 is 2.62 bits per heavy atom. The number of fused-ring (bicyclic) bond motifs is 1. The van der Waals surface area contributed by atoms with Gasteiger partial charge in [0.05, 0.1) is 35.5 Å². The standard InChI is InChI=1S/C26H24ClN5O2/c1-17(19-7-6-18-4-2-3-5-20(18)12-19)29-26(33)23-14-24(21-13-22(27)16-28-15-21)30-31-25(23)32-8-10-34-11-9-32/h2-7,12-17H,8-11H2,1H3,(H,29,33)/t17-/m1/s1. The quantitative estimate of drug-likeness (QED) is 0.453. The SMILES string of the molecule is C[C@@H](NC(=O)c1cc(-c2cncc(Cl)c2)nnc1N1CCOCC1)c1ccc2ccccc2c1. The predicted octanol–water partition coefficient (Wildman–Crippen LogP) is 4.67. The van der Waals surface area contributed by atoms with Crippen LogP contribution < -0.4 is 10.2 Å². The van der Waals surface area contributed by atoms with Gasteiger partial charge in [-0.2, -0.15) is 0 Å². The van der Waals surface area contributed by atoms with Gasteiger partial charge >= 0.3 is 0 Å². The number of carbonyl (C=O) groups is 1. The number of halogens is 1. The van der Waals surface area contributed by atoms with Crippen molar-refractivity contribution in [2.75, 3.05) is 31.2 Å². The highest BCUT2D eigenvalue weighted by Gasteiger charge is 2.23. The van der Waals surface area contributed by atoms with E-state index >= 15 is 0 Å². The number of anilines is 1. The molecule has 0 saturated carbocycles. The molecular formula is C26H24ClN5O2. The minimum absolute atomic E-state index is 0.195. The number of rotatable bonds is 5. The molecule has 0 unspecified atom stereocenters. The molecule has 3 heterocycles. The molecule has 1 saturated heterocycles. The summed E-state index contributed by atoms with van der Waals surface area (Å²) in [5.74, 6) is 0.332. The summed E-state index contributed by atoms with van der Waals surface area (Å²) in [4.78, 5) is 19.7. The molecule has 172 valence electrons. The van der Waals surface area contributed by atoms with E-state index in [4.69, 9.17) is 16.3 Å². The van der Waals surface area contributed by atoms with Crippen molar-refractivity contribution in [3.8, 4) is 11.3 Å². The summed E-state index contributed by atoms with van der Waals surface area (Å²) in [5, 5.41) is 14.7. The molecule has 0 bridgehead atoms. The van der Waals surface area contributed by atoms with Crippen LogP contribution in [-0.4, -0.2) is 47.4 Å². The normalized spacial score (nSPS) is 14.7. The molecule has 1 N–H and O–H groups in total. The number of pyridine rings is 1. The summed E-state index contributed by atoms with van der Waals surface area (Å²) < 4.78 is 5.47. The van der Waals surface area contributed by atoms with Gasteiger partial charge < -0.3 is 15.0 Å². The molecule has 1 amide bonds. The van der Waals surface area contributed by atoms with Crippen LogP contribution in [0.2, 0.25) is 5.02 Å². The smallest absolute Gasteiger partial charge is 0.255 e. The molecule has 1 aliphatic rings. The lowest BCUT2D eigenvalue weighted by Crippen LogP contribution is -2.39. The van der Waals surface area contributed by atoms with Crippen LogP contribution in [0.25, 0.3) is 22.0 Å². The molecule has 1 fully saturated rings. The second-order valence-corrected chi connectivity index (χ2v) is 8.70. The maximum Gasteiger partial charge on any atom is 0.255 e. The van der Waals surface area contributed by atoms with Gasteiger partial charge in [-0.25, -0.2) is 0 Å². The number of nitrogens with zero attached hydrogens (tertiary/aromatic N) is 4. The predicted molar refractivity (Wildman–Crippen MR) is 133 cm³/mol. The number of hydrogen-bond acceptors (Lipinski definition) is 6. The summed E-state index contributed by atoms with van der Waals surface area (Å²) in [6.45, 7) is 4.43. The molecule has 8 heteroatoms. The van der Waals surface area contributed by atoms with Crippen LogP contribution in [0.15, 0.2) is 67.0 Å². The number of nitrogens with one attached hydrogen (secondary N) is 1. The Morgan fingerprint density at radius 1 is 1.03 bits per heavy atom. The number of carbonyl (C=O) groups excluding carboxylic acids is 1. The van der Waals surface area contributed by atoms with Gasteiger partial charge in [0.15, 0.2) is 5.82 Å². The second kappa shape index (κ2) is 9.75. The molecular weight excluding hydrogens is 450 g/mol. The first-order chi connectivity index (χ1) is 16.6. The minimum atomic E-state index is -0.215. The highest BCUT2D eigenvalue weighted by molar-refractivity contribution is 6.30. The van der Waals surface area contributed by atoms with Crippen LogP contribution in [0, 0.1) is 0 Å². The Balaban J connectivity index is 1.47. The minimum Gasteiger partial charge on any atom is -0.378 e. The molecule has 1 atom stereocenters. The largest absolute Gasteiger partial charge is 0.378 e. The third kappa shape index (κ3) is 4.71. The van der Waals surface area contributed by atoms with E-state index < -0.39 is 0 Å². The number of amides is 1. The van der Waals surface area contributed by atoms with Gasteiger partial charge in [0.2, 0.25) is 0 Å². The lowest BCUT2D eigenvalue weighted by atomic mass is 10.0. The van der Waals surface area contributed by atoms with E-state index in [1.54, 1.807) is 24.5 Å². The lowest BCUT2D eigenvalue weighted by Gasteiger charge is -2.29. The van der Waals surface area contributed by atoms with E-state index in [1.165, 1.54) is 0 Å². The maximum absolute atomic E-state index is 13.5. The van der Waals surface area contributed by atoms with Crippen molar-refractivity contribution in [3.05, 3.63) is 83.1 Å². The first-order valence-electron chi connectivity index (χ1n) is 11.2. The Bertz CT molecular complexity index is 1340. The molecule has 34 heavy (non-hydrogen) atoms. The fourth-order valence-corrected chi connectivity index (χ4v) is 4.26. The van der Waals surface area contributed by atoms with E-state index in [9.17, 15) is 4.79 Å². The first-order valence-corrected chi connectivity index (χ1v) is 11.6. The molecule has 7 nitrogen and oxygen atoms in total. The van der Waals surface area contributed by atoms with E-state index in [1.807, 2.05) is 30.0 Å². The van der Waals surface area contributed by atoms with Gasteiger partial charge in [0.25, 0.3) is 5.91 Å². The summed E-state index contributed by atoms with van der Waals surface area (Å²) in [5.41, 5.74) is 2.72. The van der Waals surface area contributed by atoms with Gasteiger partial charge in [0, 0.05) is 31.0 Å². The topological polar surface area (TPSA) is 80.2 Å². The van der Waals surface area contributed by atoms with Crippen molar-refractivity contribution in [2.24, 2.45) is 0 Å². The zero-order valence-corrected chi connectivity index (χ0v) is 19.5. The Hall–Kier alpha value is -3.55. The lowest BCUT2D eigenvalue weighted by molar-refractivity contribution is 0.0937. The number of benzene rings is 2. The molecule has 5 rings (SSSR count). The van der Waals surface area contributed by atoms with Crippen molar-refractivity contribution >= 4 is 34.1 Å². The average molecular weight is 474 g/mol. The summed E-state index contributed by atoms with van der Waals surface area (Å²) in [6, 6.07) is 17.7. The van der Waals surface area contributed by atoms with Gasteiger partial charge in [-0.05, 0) is 41.5 Å². The number of aromatic nitrogens is 3. The van der Waals surface area contributed by atoms with Crippen LogP contribution in [0.3, 0.4) is 0 Å². The van der Waals surface area contributed by atoms with E-state index in [0.29, 0.717) is 54.0 Å². The van der Waals surface area contributed by atoms with Gasteiger partial charge in [-0.15, -0.1) is 10.2 Å². The first kappa shape index (κ1) is 22.3. The highest BCUT2D eigenvalue weighted by Crippen LogP contribution is 2.26. The highest BCUT2D eigenvalue weighted by atomic mass is 35.5. The maximum atomic E-state index is 13.5. The Morgan fingerprint density at radius 2 is 1.82 bits per heavy atom. The third-order valence-corrected chi connectivity index (χ3v) is 6.16. The summed E-state index contributed by atoms with van der Waals surface area (Å²) >= 11 is 6.12. The third-order valence-electron chi connectivity index (χ3n) is 5.95. The molecule has 4 aromatic rings. The molecule has 2 aromatic carbocycles. The van der Waals surface area contributed by atoms with Crippen molar-refractivity contribution < 1.29 is 9.53 Å². The van der Waals surface area contributed by atoms with Crippen LogP contribution in [-0.2, 0) is 4.74 Å². The molecule has 0 spiro atoms. The van der Waals surface area contributed by atoms with E-state index in [-0.39, 0.29) is 11.9 Å². The van der Waals surface area contributed by atoms with Crippen molar-refractivity contribution in [1.29, 1.82) is 0 Å². The Kier molecular flexibility index (Phi) is 6.38. The fourth-order valence-electron chi connectivity index (χ4n) is 4.09. The van der Waals surface area contributed by atoms with Gasteiger partial charge in [-0.3, -0.25) is 9.78 Å². The van der Waals surface area contributed by atoms with Crippen molar-refractivity contribution in [3.63, 3.8) is 0 Å². The number of morpholine rings is 1. The fraction of sp³-hybridized carbons (Fsp3) is 0.231. The second-order valence-electron chi connectivity index (χ2n) is 8.26. The zero-order valence-electron chi connectivity index (χ0n) is 18.7. The Labute approximate surface area is 202 Å². The molecule has 2 aromatic heterocycles. The van der Waals surface area contributed by atoms with Crippen LogP contribution in [0.5, 0.6) is 0 Å². The van der Waals surface area contributed by atoms with E-state index in [2.05, 4.69) is 44.8 Å². The van der Waals surface area contributed by atoms with E-state index in [0.717, 1.165) is 16.3 Å². The van der Waals surface area contributed by atoms with Crippen LogP contribution in [0.4, 0.5) is 5.82 Å². The van der Waals surface area contributed by atoms with Crippen LogP contribution >= 0.6 is 11.6 Å². The molecule has 0 radical (unpaired) electrons. The summed E-state index contributed by atoms with van der Waals surface area (Å²) in [6.07, 6.45) is 3.21. The van der Waals surface area contributed by atoms with Gasteiger partial charge in [-0.1, -0.05) is 48.0 Å². The zero-order chi connectivity index (χ0) is 23.5. The van der Waals surface area contributed by atoms with Crippen LogP contribution in [0.1, 0.15) is 28.9 Å². The average Bonchev–Trinajstić information content (AvgIpc) is 2.88. The summed E-state index contributed by atoms with van der Waals surface area (Å²) in [7, 11) is 0. The molecule has 1 aliphatic heterocycles. The number of hydrogen-bond donors (Lipinski definition) is 1. The monoisotopic (exact) mass is 473 g/mol. The van der Waals surface area contributed by atoms with Crippen molar-refractivity contribution in [1.82, 2.24) is 20.5 Å². The molecule has 0 aliphatic carbocycles. The van der Waals surface area contributed by atoms with Gasteiger partial charge in [0.1, 0.15) is 0 Å². The van der Waals surface area contributed by atoms with Crippen molar-refractivity contribution in [2.45, 2.75) is 13.0 Å².